The summed E-state index contributed by atoms with van der Waals surface area (Å²) in [4.78, 5) is 36.8. The summed E-state index contributed by atoms with van der Waals surface area (Å²) in [6.45, 7) is 8.89. The molecule has 2 aromatic rings. The number of aliphatic hydroxyl groups excluding tert-OH is 1. The molecule has 1 aromatic carbocycles. The first kappa shape index (κ1) is 24.7. The van der Waals surface area contributed by atoms with Crippen molar-refractivity contribution in [1.82, 2.24) is 14.8 Å². The van der Waals surface area contributed by atoms with Gasteiger partial charge in [0.25, 0.3) is 11.8 Å². The number of nitriles is 1. The van der Waals surface area contributed by atoms with Gasteiger partial charge in [0.2, 0.25) is 0 Å². The molecule has 2 saturated heterocycles. The number of pyridine rings is 1. The van der Waals surface area contributed by atoms with Crippen LogP contribution < -0.4 is 4.90 Å². The van der Waals surface area contributed by atoms with Gasteiger partial charge in [-0.25, -0.2) is 0 Å². The van der Waals surface area contributed by atoms with Crippen LogP contribution >= 0.6 is 0 Å². The minimum absolute atomic E-state index is 0.0712. The van der Waals surface area contributed by atoms with Crippen LogP contribution in [0.2, 0.25) is 0 Å². The van der Waals surface area contributed by atoms with Gasteiger partial charge < -0.3 is 10.0 Å². The Morgan fingerprint density at radius 2 is 1.94 bits per heavy atom. The fraction of sp³-hybridized carbons (Fsp3) is 0.481. The van der Waals surface area contributed by atoms with E-state index in [4.69, 9.17) is 0 Å². The van der Waals surface area contributed by atoms with Gasteiger partial charge in [0.05, 0.1) is 12.1 Å². The second kappa shape index (κ2) is 9.67. The largest absolute Gasteiger partial charge is 0.389 e. The van der Waals surface area contributed by atoms with E-state index in [9.17, 15) is 20.0 Å². The summed E-state index contributed by atoms with van der Waals surface area (Å²) in [5.41, 5.74) is 2.21. The lowest BCUT2D eigenvalue weighted by Gasteiger charge is -2.46. The van der Waals surface area contributed by atoms with Crippen molar-refractivity contribution in [2.45, 2.75) is 70.2 Å². The summed E-state index contributed by atoms with van der Waals surface area (Å²) in [6, 6.07) is 9.29. The molecule has 1 N–H and O–H groups in total. The minimum Gasteiger partial charge on any atom is -0.389 e. The number of carbonyl (C=O) groups excluding carboxylic acids is 2. The third-order valence-electron chi connectivity index (χ3n) is 7.12. The van der Waals surface area contributed by atoms with Crippen LogP contribution in [0.5, 0.6) is 0 Å². The van der Waals surface area contributed by atoms with E-state index < -0.39 is 18.2 Å². The van der Waals surface area contributed by atoms with Gasteiger partial charge in [-0.2, -0.15) is 5.26 Å². The summed E-state index contributed by atoms with van der Waals surface area (Å²) < 4.78 is 0. The van der Waals surface area contributed by atoms with E-state index in [0.29, 0.717) is 24.2 Å². The average Bonchev–Trinajstić information content (AvgIpc) is 3.34. The number of anilines is 1. The normalized spacial score (nSPS) is 22.8. The van der Waals surface area contributed by atoms with Crippen LogP contribution in [0.15, 0.2) is 48.8 Å². The van der Waals surface area contributed by atoms with Gasteiger partial charge in [-0.3, -0.25) is 24.4 Å². The van der Waals surface area contributed by atoms with E-state index in [1.165, 1.54) is 9.80 Å². The highest BCUT2D eigenvalue weighted by Crippen LogP contribution is 2.35. The Bertz CT molecular complexity index is 1110. The standard InChI is InChI=1S/C27H33N5O3/c1-18-23(33)16-31(18)26(35)24(19-7-5-13-29-15-19)32(25(34)22-8-6-14-30(22)17-28)21-11-9-20(10-12-21)27(2,3)4/h5,7,9-13,15,18,22-24,33H,6,8,14,16H2,1-4H3/t18-,22-,23+,24?/m1/s1. The maximum absolute atomic E-state index is 14.1. The highest BCUT2D eigenvalue weighted by Gasteiger charge is 2.46. The van der Waals surface area contributed by atoms with Crippen LogP contribution in [0, 0.1) is 11.5 Å². The third kappa shape index (κ3) is 4.73. The van der Waals surface area contributed by atoms with E-state index in [1.807, 2.05) is 24.3 Å². The second-order valence-corrected chi connectivity index (χ2v) is 10.4. The Labute approximate surface area is 206 Å². The highest BCUT2D eigenvalue weighted by molar-refractivity contribution is 6.04. The Hall–Kier alpha value is -3.44. The Balaban J connectivity index is 1.82. The summed E-state index contributed by atoms with van der Waals surface area (Å²) >= 11 is 0. The molecule has 1 unspecified atom stereocenters. The molecule has 4 rings (SSSR count). The predicted molar refractivity (Wildman–Crippen MR) is 132 cm³/mol. The van der Waals surface area contributed by atoms with Crippen molar-refractivity contribution < 1.29 is 14.7 Å². The molecule has 2 amide bonds. The van der Waals surface area contributed by atoms with Crippen molar-refractivity contribution in [3.63, 3.8) is 0 Å². The molecule has 4 atom stereocenters. The lowest BCUT2D eigenvalue weighted by molar-refractivity contribution is -0.151. The molecule has 0 radical (unpaired) electrons. The molecule has 2 aliphatic heterocycles. The monoisotopic (exact) mass is 475 g/mol. The van der Waals surface area contributed by atoms with Crippen LogP contribution in [-0.2, 0) is 15.0 Å². The fourth-order valence-electron chi connectivity index (χ4n) is 4.81. The maximum Gasteiger partial charge on any atom is 0.251 e. The number of β-amino-alcohol motifs (C(OH)–C–C–N with tert-alkyl or cyclic N) is 1. The van der Waals surface area contributed by atoms with Crippen molar-refractivity contribution >= 4 is 17.5 Å². The van der Waals surface area contributed by atoms with Gasteiger partial charge >= 0.3 is 0 Å². The van der Waals surface area contributed by atoms with Crippen molar-refractivity contribution in [2.75, 3.05) is 18.0 Å². The summed E-state index contributed by atoms with van der Waals surface area (Å²) in [7, 11) is 0. The summed E-state index contributed by atoms with van der Waals surface area (Å²) in [5, 5.41) is 19.7. The number of aromatic nitrogens is 1. The number of amides is 2. The predicted octanol–water partition coefficient (Wildman–Crippen LogP) is 2.99. The molecule has 8 nitrogen and oxygen atoms in total. The summed E-state index contributed by atoms with van der Waals surface area (Å²) in [6.07, 6.45) is 6.07. The fourth-order valence-corrected chi connectivity index (χ4v) is 4.81. The van der Waals surface area contributed by atoms with Crippen molar-refractivity contribution in [1.29, 1.82) is 5.26 Å². The van der Waals surface area contributed by atoms with Crippen molar-refractivity contribution in [3.8, 4) is 6.19 Å². The molecule has 3 heterocycles. The van der Waals surface area contributed by atoms with Gasteiger partial charge in [0, 0.05) is 36.7 Å². The molecular formula is C27H33N5O3. The molecule has 184 valence electrons. The smallest absolute Gasteiger partial charge is 0.251 e. The molecule has 1 aromatic heterocycles. The van der Waals surface area contributed by atoms with E-state index in [0.717, 1.165) is 12.0 Å². The third-order valence-corrected chi connectivity index (χ3v) is 7.12. The van der Waals surface area contributed by atoms with Gasteiger partial charge in [-0.15, -0.1) is 0 Å². The van der Waals surface area contributed by atoms with Crippen LogP contribution in [0.1, 0.15) is 57.7 Å². The van der Waals surface area contributed by atoms with E-state index in [1.54, 1.807) is 36.4 Å². The number of rotatable bonds is 5. The first-order valence-electron chi connectivity index (χ1n) is 12.1. The average molecular weight is 476 g/mol. The van der Waals surface area contributed by atoms with Crippen LogP contribution in [0.3, 0.4) is 0 Å². The number of hydrogen-bond acceptors (Lipinski definition) is 6. The molecule has 0 spiro atoms. The highest BCUT2D eigenvalue weighted by atomic mass is 16.3. The number of hydrogen-bond donors (Lipinski definition) is 1. The SMILES string of the molecule is C[C@@H]1[C@@H](O)CN1C(=O)C(c1cccnc1)N(C(=O)[C@H]1CCCN1C#N)c1ccc(C(C)(C)C)cc1. The maximum atomic E-state index is 14.1. The van der Waals surface area contributed by atoms with E-state index in [-0.39, 0.29) is 29.8 Å². The molecule has 8 heteroatoms. The molecule has 0 aliphatic carbocycles. The molecular weight excluding hydrogens is 442 g/mol. The first-order chi connectivity index (χ1) is 16.6. The Morgan fingerprint density at radius 1 is 1.23 bits per heavy atom. The summed E-state index contributed by atoms with van der Waals surface area (Å²) in [5.74, 6) is -0.561. The Morgan fingerprint density at radius 3 is 2.49 bits per heavy atom. The number of benzene rings is 1. The van der Waals surface area contributed by atoms with Crippen molar-refractivity contribution in [3.05, 3.63) is 59.9 Å². The van der Waals surface area contributed by atoms with Crippen LogP contribution in [0.4, 0.5) is 5.69 Å². The topological polar surface area (TPSA) is 101 Å². The molecule has 0 saturated carbocycles. The van der Waals surface area contributed by atoms with E-state index >= 15 is 0 Å². The zero-order valence-corrected chi connectivity index (χ0v) is 20.8. The quantitative estimate of drug-likeness (QED) is 0.668. The lowest BCUT2D eigenvalue weighted by atomic mass is 9.87. The molecule has 2 aliphatic rings. The van der Waals surface area contributed by atoms with Gasteiger partial charge in [-0.05, 0) is 48.9 Å². The molecule has 0 bridgehead atoms. The Kier molecular flexibility index (Phi) is 6.82. The minimum atomic E-state index is -0.965. The lowest BCUT2D eigenvalue weighted by Crippen LogP contribution is -2.63. The number of nitrogens with zero attached hydrogens (tertiary/aromatic N) is 5. The number of aliphatic hydroxyl groups is 1. The number of likely N-dealkylation sites (tertiary alicyclic amines) is 2. The van der Waals surface area contributed by atoms with Crippen molar-refractivity contribution in [2.24, 2.45) is 0 Å². The van der Waals surface area contributed by atoms with Gasteiger partial charge in [-0.1, -0.05) is 39.0 Å². The zero-order chi connectivity index (χ0) is 25.3. The first-order valence-corrected chi connectivity index (χ1v) is 12.1. The second-order valence-electron chi connectivity index (χ2n) is 10.4. The molecule has 2 fully saturated rings. The zero-order valence-electron chi connectivity index (χ0n) is 20.8. The van der Waals surface area contributed by atoms with E-state index in [2.05, 4.69) is 31.9 Å². The van der Waals surface area contributed by atoms with Gasteiger partial charge in [0.1, 0.15) is 12.1 Å². The van der Waals surface area contributed by atoms with Crippen LogP contribution in [-0.4, -0.2) is 63.0 Å². The molecule has 35 heavy (non-hydrogen) atoms. The van der Waals surface area contributed by atoms with Crippen LogP contribution in [0.25, 0.3) is 0 Å². The van der Waals surface area contributed by atoms with Gasteiger partial charge in [0.15, 0.2) is 6.19 Å². The number of carbonyl (C=O) groups is 2.